The molecule has 2 aromatic rings. The quantitative estimate of drug-likeness (QED) is 0.573. The van der Waals surface area contributed by atoms with Crippen LogP contribution in [0.4, 0.5) is 10.1 Å². The maximum Gasteiger partial charge on any atom is 0.244 e. The molecule has 0 saturated carbocycles. The number of rotatable bonds is 8. The van der Waals surface area contributed by atoms with Crippen LogP contribution in [0.5, 0.6) is 11.5 Å². The summed E-state index contributed by atoms with van der Waals surface area (Å²) in [5.74, 6) is -0.822. The average Bonchev–Trinajstić information content (AvgIpc) is 2.79. The van der Waals surface area contributed by atoms with Crippen molar-refractivity contribution in [2.45, 2.75) is 45.8 Å². The van der Waals surface area contributed by atoms with Crippen LogP contribution in [0.2, 0.25) is 0 Å². The van der Waals surface area contributed by atoms with Crippen LogP contribution in [-0.2, 0) is 26.2 Å². The third-order valence-electron chi connectivity index (χ3n) is 5.46. The molecule has 1 N–H and O–H groups in total. The maximum absolute atomic E-state index is 14.5. The van der Waals surface area contributed by atoms with Crippen LogP contribution in [0.3, 0.4) is 0 Å². The van der Waals surface area contributed by atoms with Crippen molar-refractivity contribution in [1.82, 2.24) is 10.2 Å². The number of ether oxygens (including phenoxy) is 2. The van der Waals surface area contributed by atoms with Crippen LogP contribution >= 0.6 is 0 Å². The van der Waals surface area contributed by atoms with E-state index in [-0.39, 0.29) is 17.8 Å². The highest BCUT2D eigenvalue weighted by molar-refractivity contribution is 7.92. The molecule has 2 aromatic carbocycles. The third kappa shape index (κ3) is 6.87. The van der Waals surface area contributed by atoms with Gasteiger partial charge < -0.3 is 19.7 Å². The standard InChI is InChI=1S/C25H32FN3O6S/c1-17(24(31)27-25(2,3)4)28(15-18-8-6-7-9-20(18)26)23(30)16-29(36(5,32)33)19-10-11-21-22(14-19)35-13-12-34-21/h6-11,14,17H,12-13,15-16H2,1-5H3,(H,27,31)/t17-/m1/s1. The van der Waals surface area contributed by atoms with Gasteiger partial charge in [-0.05, 0) is 45.9 Å². The maximum atomic E-state index is 14.5. The molecule has 36 heavy (non-hydrogen) atoms. The van der Waals surface area contributed by atoms with Gasteiger partial charge in [0.2, 0.25) is 21.8 Å². The second kappa shape index (κ2) is 10.7. The number of sulfonamides is 1. The molecule has 196 valence electrons. The molecule has 0 unspecified atom stereocenters. The number of benzene rings is 2. The van der Waals surface area contributed by atoms with Crippen molar-refractivity contribution in [2.75, 3.05) is 30.3 Å². The van der Waals surface area contributed by atoms with E-state index >= 15 is 0 Å². The Balaban J connectivity index is 1.94. The van der Waals surface area contributed by atoms with Gasteiger partial charge in [0.15, 0.2) is 11.5 Å². The number of fused-ring (bicyclic) bond motifs is 1. The van der Waals surface area contributed by atoms with Gasteiger partial charge in [-0.3, -0.25) is 13.9 Å². The fourth-order valence-electron chi connectivity index (χ4n) is 3.67. The van der Waals surface area contributed by atoms with Gasteiger partial charge in [0.25, 0.3) is 0 Å². The lowest BCUT2D eigenvalue weighted by Gasteiger charge is -2.33. The van der Waals surface area contributed by atoms with Crippen LogP contribution in [-0.4, -0.2) is 62.7 Å². The van der Waals surface area contributed by atoms with Crippen molar-refractivity contribution in [3.63, 3.8) is 0 Å². The SMILES string of the molecule is C[C@H](C(=O)NC(C)(C)C)N(Cc1ccccc1F)C(=O)CN(c1ccc2c(c1)OCCO2)S(C)(=O)=O. The molecule has 0 aliphatic carbocycles. The topological polar surface area (TPSA) is 105 Å². The molecule has 0 saturated heterocycles. The fraction of sp³-hybridized carbons (Fsp3) is 0.440. The number of hydrogen-bond donors (Lipinski definition) is 1. The van der Waals surface area contributed by atoms with Crippen molar-refractivity contribution >= 4 is 27.5 Å². The Kier molecular flexibility index (Phi) is 8.12. The fourth-order valence-corrected chi connectivity index (χ4v) is 4.51. The predicted octanol–water partition coefficient (Wildman–Crippen LogP) is 2.69. The molecule has 1 aliphatic heterocycles. The zero-order chi connectivity index (χ0) is 26.7. The normalized spacial score (nSPS) is 14.1. The largest absolute Gasteiger partial charge is 0.486 e. The van der Waals surface area contributed by atoms with Crippen molar-refractivity contribution in [3.8, 4) is 11.5 Å². The Morgan fingerprint density at radius 1 is 1.08 bits per heavy atom. The van der Waals surface area contributed by atoms with E-state index in [1.165, 1.54) is 42.2 Å². The molecule has 0 spiro atoms. The van der Waals surface area contributed by atoms with Gasteiger partial charge in [0, 0.05) is 23.7 Å². The van der Waals surface area contributed by atoms with Gasteiger partial charge in [-0.1, -0.05) is 18.2 Å². The first-order chi connectivity index (χ1) is 16.8. The van der Waals surface area contributed by atoms with E-state index in [0.717, 1.165) is 10.6 Å². The van der Waals surface area contributed by atoms with E-state index in [0.29, 0.717) is 24.7 Å². The Hall–Kier alpha value is -3.34. The molecule has 0 radical (unpaired) electrons. The number of anilines is 1. The lowest BCUT2D eigenvalue weighted by atomic mass is 10.1. The van der Waals surface area contributed by atoms with E-state index in [9.17, 15) is 22.4 Å². The van der Waals surface area contributed by atoms with Gasteiger partial charge in [-0.15, -0.1) is 0 Å². The first-order valence-electron chi connectivity index (χ1n) is 11.5. The smallest absolute Gasteiger partial charge is 0.244 e. The monoisotopic (exact) mass is 521 g/mol. The lowest BCUT2D eigenvalue weighted by Crippen LogP contribution is -2.54. The number of carbonyl (C=O) groups is 2. The molecule has 1 aliphatic rings. The van der Waals surface area contributed by atoms with Crippen molar-refractivity contribution in [3.05, 3.63) is 53.8 Å². The molecule has 1 heterocycles. The number of nitrogens with one attached hydrogen (secondary N) is 1. The number of halogens is 1. The Morgan fingerprint density at radius 2 is 1.72 bits per heavy atom. The highest BCUT2D eigenvalue weighted by atomic mass is 32.2. The van der Waals surface area contributed by atoms with E-state index in [4.69, 9.17) is 9.47 Å². The minimum absolute atomic E-state index is 0.200. The van der Waals surface area contributed by atoms with Crippen LogP contribution in [0.1, 0.15) is 33.3 Å². The average molecular weight is 522 g/mol. The third-order valence-corrected chi connectivity index (χ3v) is 6.60. The molecule has 0 fully saturated rings. The molecular formula is C25H32FN3O6S. The lowest BCUT2D eigenvalue weighted by molar-refractivity contribution is -0.140. The summed E-state index contributed by atoms with van der Waals surface area (Å²) in [5.41, 5.74) is -0.165. The first kappa shape index (κ1) is 27.3. The zero-order valence-electron chi connectivity index (χ0n) is 21.1. The summed E-state index contributed by atoms with van der Waals surface area (Å²) in [4.78, 5) is 27.7. The summed E-state index contributed by atoms with van der Waals surface area (Å²) in [6, 6.07) is 9.49. The van der Waals surface area contributed by atoms with Crippen LogP contribution in [0, 0.1) is 5.82 Å². The van der Waals surface area contributed by atoms with Crippen molar-refractivity contribution in [2.24, 2.45) is 0 Å². The number of hydrogen-bond acceptors (Lipinski definition) is 6. The van der Waals surface area contributed by atoms with E-state index in [2.05, 4.69) is 5.32 Å². The van der Waals surface area contributed by atoms with Gasteiger partial charge >= 0.3 is 0 Å². The molecule has 1 atom stereocenters. The zero-order valence-corrected chi connectivity index (χ0v) is 21.9. The van der Waals surface area contributed by atoms with Gasteiger partial charge in [0.05, 0.1) is 11.9 Å². The van der Waals surface area contributed by atoms with Crippen LogP contribution < -0.4 is 19.1 Å². The highest BCUT2D eigenvalue weighted by Crippen LogP contribution is 2.34. The van der Waals surface area contributed by atoms with Gasteiger partial charge in [-0.2, -0.15) is 0 Å². The molecule has 11 heteroatoms. The minimum atomic E-state index is -3.91. The highest BCUT2D eigenvalue weighted by Gasteiger charge is 2.32. The Bertz CT molecular complexity index is 1230. The van der Waals surface area contributed by atoms with Gasteiger partial charge in [0.1, 0.15) is 31.6 Å². The molecule has 0 aromatic heterocycles. The minimum Gasteiger partial charge on any atom is -0.486 e. The summed E-state index contributed by atoms with van der Waals surface area (Å²) < 4.78 is 51.8. The summed E-state index contributed by atoms with van der Waals surface area (Å²) >= 11 is 0. The summed E-state index contributed by atoms with van der Waals surface area (Å²) in [6.07, 6.45) is 0.980. The second-order valence-corrected chi connectivity index (χ2v) is 11.5. The van der Waals surface area contributed by atoms with Crippen molar-refractivity contribution in [1.29, 1.82) is 0 Å². The van der Waals surface area contributed by atoms with E-state index in [1.54, 1.807) is 32.9 Å². The molecular weight excluding hydrogens is 489 g/mol. The van der Waals surface area contributed by atoms with Gasteiger partial charge in [-0.25, -0.2) is 12.8 Å². The van der Waals surface area contributed by atoms with E-state index < -0.39 is 45.8 Å². The second-order valence-electron chi connectivity index (χ2n) is 9.63. The molecule has 3 rings (SSSR count). The van der Waals surface area contributed by atoms with E-state index in [1.807, 2.05) is 0 Å². The predicted molar refractivity (Wildman–Crippen MR) is 134 cm³/mol. The molecule has 0 bridgehead atoms. The van der Waals surface area contributed by atoms with Crippen LogP contribution in [0.25, 0.3) is 0 Å². The molecule has 2 amide bonds. The summed E-state index contributed by atoms with van der Waals surface area (Å²) in [5, 5.41) is 2.82. The van der Waals surface area contributed by atoms with Crippen LogP contribution in [0.15, 0.2) is 42.5 Å². The Labute approximate surface area is 211 Å². The number of nitrogens with zero attached hydrogens (tertiary/aromatic N) is 2. The Morgan fingerprint density at radius 3 is 2.33 bits per heavy atom. The number of amides is 2. The number of carbonyl (C=O) groups excluding carboxylic acids is 2. The first-order valence-corrected chi connectivity index (χ1v) is 13.3. The summed E-state index contributed by atoms with van der Waals surface area (Å²) in [7, 11) is -3.91. The van der Waals surface area contributed by atoms with Crippen molar-refractivity contribution < 1.29 is 31.9 Å². The molecule has 9 nitrogen and oxygen atoms in total. The summed E-state index contributed by atoms with van der Waals surface area (Å²) in [6.45, 7) is 6.79.